The molecule has 0 saturated heterocycles. The van der Waals surface area contributed by atoms with Crippen LogP contribution in [0.2, 0.25) is 0 Å². The summed E-state index contributed by atoms with van der Waals surface area (Å²) in [6.45, 7) is 0.936. The maximum Gasteiger partial charge on any atom is 0.251 e. The van der Waals surface area contributed by atoms with Gasteiger partial charge in [0, 0.05) is 40.8 Å². The molecule has 0 fully saturated rings. The summed E-state index contributed by atoms with van der Waals surface area (Å²) in [5, 5.41) is 2.76. The molecule has 25 heavy (non-hydrogen) atoms. The Morgan fingerprint density at radius 2 is 1.84 bits per heavy atom. The molecular weight excluding hydrogens is 384 g/mol. The zero-order valence-corrected chi connectivity index (χ0v) is 15.1. The summed E-state index contributed by atoms with van der Waals surface area (Å²) in [4.78, 5) is 36.9. The average Bonchev–Trinajstić information content (AvgIpc) is 3.04. The van der Waals surface area contributed by atoms with E-state index in [4.69, 9.17) is 0 Å². The fourth-order valence-electron chi connectivity index (χ4n) is 2.85. The zero-order valence-electron chi connectivity index (χ0n) is 13.5. The van der Waals surface area contributed by atoms with Gasteiger partial charge < -0.3 is 10.2 Å². The lowest BCUT2D eigenvalue weighted by molar-refractivity contribution is -0.107. The van der Waals surface area contributed by atoms with Crippen molar-refractivity contribution in [3.05, 3.63) is 63.6 Å². The first-order chi connectivity index (χ1) is 12.1. The Bertz CT molecular complexity index is 818. The summed E-state index contributed by atoms with van der Waals surface area (Å²) < 4.78 is 0.906. The second-order valence-corrected chi connectivity index (χ2v) is 6.74. The molecule has 0 aliphatic carbocycles. The van der Waals surface area contributed by atoms with Crippen molar-refractivity contribution in [2.45, 2.75) is 12.8 Å². The molecule has 0 spiro atoms. The Hall–Kier alpha value is -2.47. The van der Waals surface area contributed by atoms with E-state index < -0.39 is 0 Å². The number of fused-ring (bicyclic) bond motifs is 1. The van der Waals surface area contributed by atoms with Crippen molar-refractivity contribution in [3.63, 3.8) is 0 Å². The number of nitrogens with one attached hydrogen (secondary N) is 1. The van der Waals surface area contributed by atoms with Crippen LogP contribution in [0, 0.1) is 0 Å². The van der Waals surface area contributed by atoms with Gasteiger partial charge in [0.1, 0.15) is 0 Å². The third-order valence-electron chi connectivity index (χ3n) is 4.20. The minimum Gasteiger partial charge on any atom is -0.352 e. The molecule has 128 valence electrons. The van der Waals surface area contributed by atoms with Crippen LogP contribution in [0.25, 0.3) is 0 Å². The van der Waals surface area contributed by atoms with Crippen molar-refractivity contribution >= 4 is 39.7 Å². The number of amides is 2. The first kappa shape index (κ1) is 17.4. The van der Waals surface area contributed by atoms with Crippen LogP contribution in [-0.4, -0.2) is 31.2 Å². The van der Waals surface area contributed by atoms with Crippen molar-refractivity contribution in [1.29, 1.82) is 0 Å². The molecule has 1 aliphatic rings. The molecule has 0 atom stereocenters. The van der Waals surface area contributed by atoms with Crippen LogP contribution < -0.4 is 10.2 Å². The molecule has 1 aliphatic heterocycles. The lowest BCUT2D eigenvalue weighted by Gasteiger charge is -2.10. The molecule has 0 bridgehead atoms. The van der Waals surface area contributed by atoms with E-state index in [-0.39, 0.29) is 24.7 Å². The normalized spacial score (nSPS) is 12.6. The summed E-state index contributed by atoms with van der Waals surface area (Å²) in [6.07, 6.45) is 1.80. The minimum absolute atomic E-state index is 0.0246. The van der Waals surface area contributed by atoms with Gasteiger partial charge in [-0.05, 0) is 54.4 Å². The fraction of sp³-hybridized carbons (Fsp3) is 0.211. The van der Waals surface area contributed by atoms with Gasteiger partial charge in [0.15, 0.2) is 5.78 Å². The van der Waals surface area contributed by atoms with Gasteiger partial charge >= 0.3 is 0 Å². The van der Waals surface area contributed by atoms with Gasteiger partial charge in [-0.15, -0.1) is 0 Å². The topological polar surface area (TPSA) is 66.5 Å². The maximum absolute atomic E-state index is 12.3. The second kappa shape index (κ2) is 7.61. The number of halogens is 1. The van der Waals surface area contributed by atoms with Crippen LogP contribution in [0.1, 0.15) is 32.7 Å². The average molecular weight is 401 g/mol. The quantitative estimate of drug-likeness (QED) is 0.598. The van der Waals surface area contributed by atoms with Crippen LogP contribution >= 0.6 is 15.9 Å². The zero-order chi connectivity index (χ0) is 17.8. The van der Waals surface area contributed by atoms with Crippen LogP contribution in [0.4, 0.5) is 5.69 Å². The second-order valence-electron chi connectivity index (χ2n) is 5.83. The van der Waals surface area contributed by atoms with Gasteiger partial charge in [0.2, 0.25) is 6.41 Å². The molecule has 2 aromatic carbocycles. The Balaban J connectivity index is 1.55. The fourth-order valence-corrected chi connectivity index (χ4v) is 3.11. The standard InChI is InChI=1S/C19H17BrN2O3/c20-16-4-1-13(2-5-16)19(25)21-9-7-18(24)15-3-6-17-14(11-15)8-10-22(17)12-23/h1-6,11-12H,7-10H2,(H,21,25). The Morgan fingerprint density at radius 1 is 1.12 bits per heavy atom. The Labute approximate surface area is 154 Å². The van der Waals surface area contributed by atoms with E-state index in [0.717, 1.165) is 28.6 Å². The number of Topliss-reactive ketones (excluding diaryl/α,β-unsaturated/α-hetero) is 1. The number of benzene rings is 2. The summed E-state index contributed by atoms with van der Waals surface area (Å²) in [6, 6.07) is 12.4. The number of anilines is 1. The number of rotatable bonds is 6. The first-order valence-electron chi connectivity index (χ1n) is 8.00. The van der Waals surface area contributed by atoms with Gasteiger partial charge in [-0.3, -0.25) is 14.4 Å². The number of hydrogen-bond acceptors (Lipinski definition) is 3. The first-order valence-corrected chi connectivity index (χ1v) is 8.79. The van der Waals surface area contributed by atoms with Crippen LogP contribution in [0.5, 0.6) is 0 Å². The summed E-state index contributed by atoms with van der Waals surface area (Å²) in [5.74, 6) is -0.223. The van der Waals surface area contributed by atoms with Crippen LogP contribution in [0.15, 0.2) is 46.9 Å². The van der Waals surface area contributed by atoms with E-state index >= 15 is 0 Å². The van der Waals surface area contributed by atoms with Crippen molar-refractivity contribution in [3.8, 4) is 0 Å². The van der Waals surface area contributed by atoms with E-state index in [1.165, 1.54) is 0 Å². The molecule has 1 N–H and O–H groups in total. The van der Waals surface area contributed by atoms with Crippen molar-refractivity contribution in [2.75, 3.05) is 18.0 Å². The van der Waals surface area contributed by atoms with Gasteiger partial charge in [-0.2, -0.15) is 0 Å². The lowest BCUT2D eigenvalue weighted by Crippen LogP contribution is -2.26. The van der Waals surface area contributed by atoms with Gasteiger partial charge in [-0.25, -0.2) is 0 Å². The molecule has 0 radical (unpaired) electrons. The van der Waals surface area contributed by atoms with E-state index in [1.807, 2.05) is 12.1 Å². The van der Waals surface area contributed by atoms with E-state index in [0.29, 0.717) is 17.7 Å². The third-order valence-corrected chi connectivity index (χ3v) is 4.73. The SMILES string of the molecule is O=CN1CCc2cc(C(=O)CCNC(=O)c3ccc(Br)cc3)ccc21. The van der Waals surface area contributed by atoms with Crippen molar-refractivity contribution in [2.24, 2.45) is 0 Å². The minimum atomic E-state index is -0.198. The summed E-state index contributed by atoms with van der Waals surface area (Å²) in [5.41, 5.74) is 3.05. The van der Waals surface area contributed by atoms with Crippen molar-refractivity contribution < 1.29 is 14.4 Å². The Morgan fingerprint density at radius 3 is 2.56 bits per heavy atom. The number of carbonyl (C=O) groups is 3. The predicted octanol–water partition coefficient (Wildman–Crippen LogP) is 2.97. The molecule has 6 heteroatoms. The molecule has 5 nitrogen and oxygen atoms in total. The molecule has 3 rings (SSSR count). The molecular formula is C19H17BrN2O3. The molecule has 0 aromatic heterocycles. The van der Waals surface area contributed by atoms with Crippen LogP contribution in [-0.2, 0) is 11.2 Å². The highest BCUT2D eigenvalue weighted by Gasteiger charge is 2.19. The smallest absolute Gasteiger partial charge is 0.251 e. The number of nitrogens with zero attached hydrogens (tertiary/aromatic N) is 1. The highest BCUT2D eigenvalue weighted by atomic mass is 79.9. The maximum atomic E-state index is 12.3. The molecule has 2 amide bonds. The molecule has 0 saturated carbocycles. The summed E-state index contributed by atoms with van der Waals surface area (Å²) in [7, 11) is 0. The predicted molar refractivity (Wildman–Crippen MR) is 99.0 cm³/mol. The molecule has 0 unspecified atom stereocenters. The molecule has 1 heterocycles. The highest BCUT2D eigenvalue weighted by Crippen LogP contribution is 2.27. The lowest BCUT2D eigenvalue weighted by atomic mass is 10.0. The summed E-state index contributed by atoms with van der Waals surface area (Å²) >= 11 is 3.32. The van der Waals surface area contributed by atoms with Gasteiger partial charge in [0.25, 0.3) is 5.91 Å². The van der Waals surface area contributed by atoms with E-state index in [1.54, 1.807) is 35.2 Å². The van der Waals surface area contributed by atoms with Gasteiger partial charge in [0.05, 0.1) is 0 Å². The third kappa shape index (κ3) is 3.96. The largest absolute Gasteiger partial charge is 0.352 e. The number of ketones is 1. The monoisotopic (exact) mass is 400 g/mol. The van der Waals surface area contributed by atoms with E-state index in [2.05, 4.69) is 21.2 Å². The molecule has 2 aromatic rings. The van der Waals surface area contributed by atoms with Crippen molar-refractivity contribution in [1.82, 2.24) is 5.32 Å². The number of hydrogen-bond donors (Lipinski definition) is 1. The van der Waals surface area contributed by atoms with E-state index in [9.17, 15) is 14.4 Å². The highest BCUT2D eigenvalue weighted by molar-refractivity contribution is 9.10. The van der Waals surface area contributed by atoms with Gasteiger partial charge in [-0.1, -0.05) is 15.9 Å². The Kier molecular flexibility index (Phi) is 5.28. The van der Waals surface area contributed by atoms with Crippen LogP contribution in [0.3, 0.4) is 0 Å². The number of carbonyl (C=O) groups excluding carboxylic acids is 3.